The molecule has 0 radical (unpaired) electrons. The number of anilines is 1. The molecule has 0 spiro atoms. The van der Waals surface area contributed by atoms with Crippen molar-refractivity contribution in [3.05, 3.63) is 28.2 Å². The van der Waals surface area contributed by atoms with Crippen LogP contribution in [0, 0.1) is 5.92 Å². The molecule has 2 rings (SSSR count). The Kier molecular flexibility index (Phi) is 5.19. The summed E-state index contributed by atoms with van der Waals surface area (Å²) in [6.45, 7) is 1.90. The number of halogens is 1. The number of carboxylic acid groups (broad SMARTS) is 1. The number of carboxylic acids is 1. The highest BCUT2D eigenvalue weighted by Crippen LogP contribution is 2.23. The monoisotopic (exact) mass is 356 g/mol. The number of amides is 2. The Morgan fingerprint density at radius 2 is 2.29 bits per heavy atom. The van der Waals surface area contributed by atoms with Crippen LogP contribution < -0.4 is 5.32 Å². The van der Waals surface area contributed by atoms with E-state index in [-0.39, 0.29) is 17.3 Å². The molecule has 2 N–H and O–H groups in total. The zero-order chi connectivity index (χ0) is 15.4. The number of hydrogen-bond donors (Lipinski definition) is 2. The first-order valence-corrected chi connectivity index (χ1v) is 7.38. The van der Waals surface area contributed by atoms with Crippen molar-refractivity contribution in [2.45, 2.75) is 6.42 Å². The van der Waals surface area contributed by atoms with Crippen molar-refractivity contribution < 1.29 is 19.4 Å². The Labute approximate surface area is 131 Å². The van der Waals surface area contributed by atoms with E-state index in [0.717, 1.165) is 6.42 Å². The maximum Gasteiger partial charge on any atom is 0.337 e. The third kappa shape index (κ3) is 3.95. The highest BCUT2D eigenvalue weighted by atomic mass is 79.9. The molecule has 1 unspecified atom stereocenters. The lowest BCUT2D eigenvalue weighted by Gasteiger charge is -2.18. The van der Waals surface area contributed by atoms with Crippen molar-refractivity contribution in [3.8, 4) is 0 Å². The van der Waals surface area contributed by atoms with E-state index in [1.165, 1.54) is 6.07 Å². The second-order valence-corrected chi connectivity index (χ2v) is 5.90. The Hall–Kier alpha value is -1.60. The molecule has 1 atom stereocenters. The van der Waals surface area contributed by atoms with Gasteiger partial charge in [0.1, 0.15) is 0 Å². The lowest BCUT2D eigenvalue weighted by atomic mass is 10.1. The second-order valence-electron chi connectivity index (χ2n) is 4.98. The Morgan fingerprint density at radius 1 is 1.52 bits per heavy atom. The Balaban J connectivity index is 2.06. The van der Waals surface area contributed by atoms with Gasteiger partial charge in [-0.1, -0.05) is 15.9 Å². The van der Waals surface area contributed by atoms with Crippen LogP contribution in [-0.4, -0.2) is 48.8 Å². The summed E-state index contributed by atoms with van der Waals surface area (Å²) in [7, 11) is 1.64. The fourth-order valence-corrected chi connectivity index (χ4v) is 2.75. The molecule has 21 heavy (non-hydrogen) atoms. The van der Waals surface area contributed by atoms with Gasteiger partial charge in [0, 0.05) is 30.6 Å². The first-order chi connectivity index (χ1) is 10.0. The van der Waals surface area contributed by atoms with Crippen molar-refractivity contribution >= 4 is 33.6 Å². The summed E-state index contributed by atoms with van der Waals surface area (Å²) in [5.41, 5.74) is 0.358. The standard InChI is InChI=1S/C14H17BrN2O4/c1-21-8-9-4-5-17(7-9)14(20)16-12-6-10(15)2-3-11(12)13(18)19/h2-3,6,9H,4-5,7-8H2,1H3,(H,16,20)(H,18,19). The first-order valence-electron chi connectivity index (χ1n) is 6.59. The van der Waals surface area contributed by atoms with Gasteiger partial charge in [-0.3, -0.25) is 0 Å². The highest BCUT2D eigenvalue weighted by molar-refractivity contribution is 9.10. The zero-order valence-corrected chi connectivity index (χ0v) is 13.2. The molecule has 1 saturated heterocycles. The maximum absolute atomic E-state index is 12.2. The van der Waals surface area contributed by atoms with E-state index < -0.39 is 5.97 Å². The second kappa shape index (κ2) is 6.91. The van der Waals surface area contributed by atoms with Crippen LogP contribution in [0.25, 0.3) is 0 Å². The minimum Gasteiger partial charge on any atom is -0.478 e. The third-order valence-corrected chi connectivity index (χ3v) is 3.92. The average Bonchev–Trinajstić information content (AvgIpc) is 2.87. The van der Waals surface area contributed by atoms with E-state index in [0.29, 0.717) is 30.1 Å². The van der Waals surface area contributed by atoms with Crippen LogP contribution in [0.15, 0.2) is 22.7 Å². The van der Waals surface area contributed by atoms with Gasteiger partial charge in [0.15, 0.2) is 0 Å². The fourth-order valence-electron chi connectivity index (χ4n) is 2.39. The Bertz CT molecular complexity index is 550. The lowest BCUT2D eigenvalue weighted by molar-refractivity contribution is 0.0698. The van der Waals surface area contributed by atoms with Gasteiger partial charge >= 0.3 is 12.0 Å². The van der Waals surface area contributed by atoms with E-state index in [4.69, 9.17) is 9.84 Å². The number of nitrogens with zero attached hydrogens (tertiary/aromatic N) is 1. The maximum atomic E-state index is 12.2. The van der Waals surface area contributed by atoms with Gasteiger partial charge in [0.25, 0.3) is 0 Å². The fraction of sp³-hybridized carbons (Fsp3) is 0.429. The van der Waals surface area contributed by atoms with E-state index in [2.05, 4.69) is 21.2 Å². The minimum atomic E-state index is -1.07. The number of hydrogen-bond acceptors (Lipinski definition) is 3. The summed E-state index contributed by atoms with van der Waals surface area (Å²) in [6.07, 6.45) is 0.894. The number of methoxy groups -OCH3 is 1. The number of likely N-dealkylation sites (tertiary alicyclic amines) is 1. The van der Waals surface area contributed by atoms with Gasteiger partial charge in [-0.2, -0.15) is 0 Å². The van der Waals surface area contributed by atoms with Crippen LogP contribution in [0.1, 0.15) is 16.8 Å². The van der Waals surface area contributed by atoms with E-state index in [1.54, 1.807) is 24.1 Å². The van der Waals surface area contributed by atoms with E-state index in [1.807, 2.05) is 0 Å². The molecule has 1 aromatic carbocycles. The van der Waals surface area contributed by atoms with Gasteiger partial charge in [-0.25, -0.2) is 9.59 Å². The van der Waals surface area contributed by atoms with E-state index in [9.17, 15) is 9.59 Å². The highest BCUT2D eigenvalue weighted by Gasteiger charge is 2.26. The molecular weight excluding hydrogens is 340 g/mol. The SMILES string of the molecule is COCC1CCN(C(=O)Nc2cc(Br)ccc2C(=O)O)C1. The minimum absolute atomic E-state index is 0.0687. The van der Waals surface area contributed by atoms with Gasteiger partial charge < -0.3 is 20.1 Å². The smallest absolute Gasteiger partial charge is 0.337 e. The molecule has 0 aliphatic carbocycles. The van der Waals surface area contributed by atoms with Crippen molar-refractivity contribution in [2.24, 2.45) is 5.92 Å². The number of aromatic carboxylic acids is 1. The predicted octanol–water partition coefficient (Wildman–Crippen LogP) is 2.65. The molecule has 114 valence electrons. The van der Waals surface area contributed by atoms with Crippen LogP contribution in [-0.2, 0) is 4.74 Å². The largest absolute Gasteiger partial charge is 0.478 e. The number of urea groups is 1. The molecular formula is C14H17BrN2O4. The van der Waals surface area contributed by atoms with Gasteiger partial charge in [-0.15, -0.1) is 0 Å². The topological polar surface area (TPSA) is 78.9 Å². The number of carbonyl (C=O) groups excluding carboxylic acids is 1. The molecule has 0 saturated carbocycles. The molecule has 1 fully saturated rings. The molecule has 0 bridgehead atoms. The van der Waals surface area contributed by atoms with Crippen molar-refractivity contribution in [2.75, 3.05) is 32.1 Å². The zero-order valence-electron chi connectivity index (χ0n) is 11.6. The molecule has 6 nitrogen and oxygen atoms in total. The molecule has 0 aromatic heterocycles. The van der Waals surface area contributed by atoms with E-state index >= 15 is 0 Å². The number of benzene rings is 1. The summed E-state index contributed by atoms with van der Waals surface area (Å²) < 4.78 is 5.81. The lowest BCUT2D eigenvalue weighted by Crippen LogP contribution is -2.33. The summed E-state index contributed by atoms with van der Waals surface area (Å²) in [5, 5.41) is 11.8. The van der Waals surface area contributed by atoms with Crippen LogP contribution in [0.3, 0.4) is 0 Å². The molecule has 1 aromatic rings. The predicted molar refractivity (Wildman–Crippen MR) is 81.7 cm³/mol. The number of rotatable bonds is 4. The van der Waals surface area contributed by atoms with Crippen LogP contribution in [0.5, 0.6) is 0 Å². The molecule has 1 aliphatic rings. The summed E-state index contributed by atoms with van der Waals surface area (Å²) in [4.78, 5) is 25.1. The van der Waals surface area contributed by atoms with Gasteiger partial charge in [0.2, 0.25) is 0 Å². The normalized spacial score (nSPS) is 17.8. The number of ether oxygens (including phenoxy) is 1. The quantitative estimate of drug-likeness (QED) is 0.868. The van der Waals surface area contributed by atoms with Gasteiger partial charge in [-0.05, 0) is 24.6 Å². The van der Waals surface area contributed by atoms with Crippen molar-refractivity contribution in [1.29, 1.82) is 0 Å². The van der Waals surface area contributed by atoms with Crippen LogP contribution >= 0.6 is 15.9 Å². The molecule has 1 aliphatic heterocycles. The summed E-state index contributed by atoms with van der Waals surface area (Å²) >= 11 is 3.27. The van der Waals surface area contributed by atoms with Crippen molar-refractivity contribution in [3.63, 3.8) is 0 Å². The molecule has 2 amide bonds. The molecule has 7 heteroatoms. The van der Waals surface area contributed by atoms with Crippen molar-refractivity contribution in [1.82, 2.24) is 4.90 Å². The van der Waals surface area contributed by atoms with Crippen LogP contribution in [0.4, 0.5) is 10.5 Å². The first kappa shape index (κ1) is 15.8. The summed E-state index contributed by atoms with van der Waals surface area (Å²) in [5.74, 6) is -0.737. The average molecular weight is 357 g/mol. The summed E-state index contributed by atoms with van der Waals surface area (Å²) in [6, 6.07) is 4.39. The number of nitrogens with one attached hydrogen (secondary N) is 1. The number of carbonyl (C=O) groups is 2. The molecule has 1 heterocycles. The van der Waals surface area contributed by atoms with Gasteiger partial charge in [0.05, 0.1) is 17.9 Å². The van der Waals surface area contributed by atoms with Crippen LogP contribution in [0.2, 0.25) is 0 Å². The Morgan fingerprint density at radius 3 is 2.95 bits per heavy atom. The third-order valence-electron chi connectivity index (χ3n) is 3.43.